The van der Waals surface area contributed by atoms with Gasteiger partial charge in [-0.05, 0) is 56.2 Å². The fourth-order valence-corrected chi connectivity index (χ4v) is 3.00. The lowest BCUT2D eigenvalue weighted by molar-refractivity contribution is 0.101. The fraction of sp³-hybridized carbons (Fsp3) is 0.300. The molecule has 3 rings (SSSR count). The molecular weight excluding hydrogens is 300 g/mol. The van der Waals surface area contributed by atoms with Crippen LogP contribution in [0.15, 0.2) is 42.5 Å². The van der Waals surface area contributed by atoms with Gasteiger partial charge >= 0.3 is 0 Å². The summed E-state index contributed by atoms with van der Waals surface area (Å²) in [4.78, 5) is 16.3. The Morgan fingerprint density at radius 3 is 2.50 bits per heavy atom. The minimum absolute atomic E-state index is 0.0481. The first-order valence-corrected chi connectivity index (χ1v) is 8.29. The number of aryl methyl sites for hydroxylation is 1. The maximum absolute atomic E-state index is 11.6. The van der Waals surface area contributed by atoms with E-state index in [2.05, 4.69) is 23.6 Å². The molecule has 24 heavy (non-hydrogen) atoms. The fourth-order valence-electron chi connectivity index (χ4n) is 3.00. The lowest BCUT2D eigenvalue weighted by atomic mass is 10.1. The first kappa shape index (κ1) is 16.4. The summed E-state index contributed by atoms with van der Waals surface area (Å²) in [6, 6.07) is 13.9. The molecule has 4 heteroatoms. The second kappa shape index (κ2) is 6.57. The predicted molar refractivity (Wildman–Crippen MR) is 95.8 cm³/mol. The Morgan fingerprint density at radius 2 is 1.92 bits per heavy atom. The van der Waals surface area contributed by atoms with Gasteiger partial charge in [-0.2, -0.15) is 0 Å². The minimum atomic E-state index is -0.346. The number of imidazole rings is 1. The molecule has 0 aliphatic heterocycles. The van der Waals surface area contributed by atoms with Gasteiger partial charge in [-0.3, -0.25) is 9.36 Å². The normalized spacial score (nSPS) is 12.5. The van der Waals surface area contributed by atoms with Crippen LogP contribution in [0, 0.1) is 0 Å². The van der Waals surface area contributed by atoms with Crippen molar-refractivity contribution in [2.45, 2.75) is 39.7 Å². The van der Waals surface area contributed by atoms with Crippen molar-refractivity contribution in [1.82, 2.24) is 9.55 Å². The number of carbonyl (C=O) groups excluding carboxylic acids is 1. The van der Waals surface area contributed by atoms with E-state index in [-0.39, 0.29) is 11.9 Å². The molecule has 1 aromatic heterocycles. The Labute approximate surface area is 141 Å². The molecule has 2 aromatic carbocycles. The predicted octanol–water partition coefficient (Wildman–Crippen LogP) is 3.71. The Morgan fingerprint density at radius 1 is 1.21 bits per heavy atom. The molecule has 0 aliphatic carbocycles. The van der Waals surface area contributed by atoms with E-state index in [1.54, 1.807) is 13.8 Å². The maximum Gasteiger partial charge on any atom is 0.159 e. The van der Waals surface area contributed by atoms with Crippen LogP contribution in [-0.4, -0.2) is 26.5 Å². The van der Waals surface area contributed by atoms with E-state index in [9.17, 15) is 9.90 Å². The molecule has 124 valence electrons. The van der Waals surface area contributed by atoms with Crippen LogP contribution in [0.1, 0.15) is 42.5 Å². The van der Waals surface area contributed by atoms with E-state index >= 15 is 0 Å². The number of hydrogen-bond donors (Lipinski definition) is 1. The van der Waals surface area contributed by atoms with E-state index < -0.39 is 0 Å². The molecular formula is C20H22N2O2. The smallest absolute Gasteiger partial charge is 0.159 e. The van der Waals surface area contributed by atoms with Crippen molar-refractivity contribution >= 4 is 16.8 Å². The summed E-state index contributed by atoms with van der Waals surface area (Å²) < 4.78 is 2.13. The van der Waals surface area contributed by atoms with E-state index in [0.717, 1.165) is 34.5 Å². The molecule has 0 aliphatic rings. The summed E-state index contributed by atoms with van der Waals surface area (Å²) in [6.45, 7) is 5.43. The lowest BCUT2D eigenvalue weighted by Gasteiger charge is -2.10. The van der Waals surface area contributed by atoms with Crippen molar-refractivity contribution in [3.05, 3.63) is 59.4 Å². The van der Waals surface area contributed by atoms with Crippen LogP contribution < -0.4 is 0 Å². The first-order chi connectivity index (χ1) is 11.5. The highest BCUT2D eigenvalue weighted by molar-refractivity contribution is 5.97. The second-order valence-electron chi connectivity index (χ2n) is 6.20. The Balaban J connectivity index is 2.09. The molecule has 4 nitrogen and oxygen atoms in total. The summed E-state index contributed by atoms with van der Waals surface area (Å²) in [5, 5.41) is 9.51. The zero-order valence-corrected chi connectivity index (χ0v) is 14.3. The zero-order chi connectivity index (χ0) is 17.3. The molecule has 0 radical (unpaired) electrons. The van der Waals surface area contributed by atoms with Crippen LogP contribution in [0.5, 0.6) is 0 Å². The van der Waals surface area contributed by atoms with Gasteiger partial charge in [-0.1, -0.05) is 19.1 Å². The quantitative estimate of drug-likeness (QED) is 0.729. The topological polar surface area (TPSA) is 55.1 Å². The molecule has 3 aromatic rings. The second-order valence-corrected chi connectivity index (χ2v) is 6.20. The van der Waals surface area contributed by atoms with Gasteiger partial charge in [-0.15, -0.1) is 0 Å². The summed E-state index contributed by atoms with van der Waals surface area (Å²) in [7, 11) is 0. The SMILES string of the molecule is CCc1nc2cc(C(C)=O)ccc2n1-c1ccc(C[C@H](C)O)cc1. The molecule has 0 saturated heterocycles. The average Bonchev–Trinajstić information content (AvgIpc) is 2.92. The van der Waals surface area contributed by atoms with E-state index in [1.807, 2.05) is 30.3 Å². The minimum Gasteiger partial charge on any atom is -0.393 e. The Kier molecular flexibility index (Phi) is 4.49. The number of hydrogen-bond acceptors (Lipinski definition) is 3. The van der Waals surface area contributed by atoms with E-state index in [4.69, 9.17) is 4.98 Å². The molecule has 0 amide bonds. The van der Waals surface area contributed by atoms with E-state index in [0.29, 0.717) is 12.0 Å². The molecule has 1 N–H and O–H groups in total. The molecule has 0 fully saturated rings. The zero-order valence-electron chi connectivity index (χ0n) is 14.3. The van der Waals surface area contributed by atoms with Crippen molar-refractivity contribution in [2.75, 3.05) is 0 Å². The third-order valence-electron chi connectivity index (χ3n) is 4.17. The molecule has 0 spiro atoms. The molecule has 1 atom stereocenters. The van der Waals surface area contributed by atoms with Gasteiger partial charge in [0.25, 0.3) is 0 Å². The first-order valence-electron chi connectivity index (χ1n) is 8.29. The van der Waals surface area contributed by atoms with Gasteiger partial charge < -0.3 is 5.11 Å². The number of aliphatic hydroxyl groups is 1. The van der Waals surface area contributed by atoms with Crippen LogP contribution in [0.25, 0.3) is 16.7 Å². The number of Topliss-reactive ketones (excluding diaryl/α,β-unsaturated/α-hetero) is 1. The summed E-state index contributed by atoms with van der Waals surface area (Å²) in [6.07, 6.45) is 1.11. The van der Waals surface area contributed by atoms with Gasteiger partial charge in [0.15, 0.2) is 5.78 Å². The van der Waals surface area contributed by atoms with Crippen LogP contribution >= 0.6 is 0 Å². The van der Waals surface area contributed by atoms with Gasteiger partial charge in [0.1, 0.15) is 5.82 Å². The van der Waals surface area contributed by atoms with Crippen LogP contribution in [0.3, 0.4) is 0 Å². The standard InChI is InChI=1S/C20H22N2O2/c1-4-20-21-18-12-16(14(3)24)7-10-19(18)22(20)17-8-5-15(6-9-17)11-13(2)23/h5-10,12-13,23H,4,11H2,1-3H3/t13-/m0/s1. The number of aromatic nitrogens is 2. The lowest BCUT2D eigenvalue weighted by Crippen LogP contribution is -2.05. The van der Waals surface area contributed by atoms with E-state index in [1.165, 1.54) is 0 Å². The maximum atomic E-state index is 11.6. The summed E-state index contributed by atoms with van der Waals surface area (Å²) in [5.74, 6) is 1.01. The number of rotatable bonds is 5. The molecule has 0 bridgehead atoms. The molecule has 1 heterocycles. The van der Waals surface area contributed by atoms with Crippen molar-refractivity contribution in [3.8, 4) is 5.69 Å². The van der Waals surface area contributed by atoms with Gasteiger partial charge in [0.2, 0.25) is 0 Å². The highest BCUT2D eigenvalue weighted by Crippen LogP contribution is 2.24. The van der Waals surface area contributed by atoms with Crippen LogP contribution in [0.2, 0.25) is 0 Å². The van der Waals surface area contributed by atoms with Crippen molar-refractivity contribution in [1.29, 1.82) is 0 Å². The number of aliphatic hydroxyl groups excluding tert-OH is 1. The third-order valence-corrected chi connectivity index (χ3v) is 4.17. The largest absolute Gasteiger partial charge is 0.393 e. The number of carbonyl (C=O) groups is 1. The monoisotopic (exact) mass is 322 g/mol. The Hall–Kier alpha value is -2.46. The number of fused-ring (bicyclic) bond motifs is 1. The van der Waals surface area contributed by atoms with Gasteiger partial charge in [0, 0.05) is 17.7 Å². The number of benzene rings is 2. The molecule has 0 saturated carbocycles. The van der Waals surface area contributed by atoms with Gasteiger partial charge in [-0.25, -0.2) is 4.98 Å². The number of nitrogens with zero attached hydrogens (tertiary/aromatic N) is 2. The van der Waals surface area contributed by atoms with Gasteiger partial charge in [0.05, 0.1) is 17.1 Å². The number of ketones is 1. The Bertz CT molecular complexity index is 877. The van der Waals surface area contributed by atoms with Crippen molar-refractivity contribution in [2.24, 2.45) is 0 Å². The van der Waals surface area contributed by atoms with Crippen LogP contribution in [0.4, 0.5) is 0 Å². The van der Waals surface area contributed by atoms with Crippen molar-refractivity contribution in [3.63, 3.8) is 0 Å². The highest BCUT2D eigenvalue weighted by atomic mass is 16.3. The summed E-state index contributed by atoms with van der Waals surface area (Å²) >= 11 is 0. The third kappa shape index (κ3) is 3.10. The molecule has 0 unspecified atom stereocenters. The van der Waals surface area contributed by atoms with Crippen molar-refractivity contribution < 1.29 is 9.90 Å². The summed E-state index contributed by atoms with van der Waals surface area (Å²) in [5.41, 5.74) is 4.67. The highest BCUT2D eigenvalue weighted by Gasteiger charge is 2.13. The van der Waals surface area contributed by atoms with Crippen LogP contribution in [-0.2, 0) is 12.8 Å². The average molecular weight is 322 g/mol.